The van der Waals surface area contributed by atoms with Crippen LogP contribution >= 0.6 is 11.6 Å². The topological polar surface area (TPSA) is 65.1 Å². The summed E-state index contributed by atoms with van der Waals surface area (Å²) in [6.07, 6.45) is 0. The van der Waals surface area contributed by atoms with E-state index >= 15 is 0 Å². The molecule has 7 heteroatoms. The monoisotopic (exact) mass is 314 g/mol. The minimum absolute atomic E-state index is 0.0773. The van der Waals surface area contributed by atoms with Gasteiger partial charge in [0.15, 0.2) is 5.84 Å². The summed E-state index contributed by atoms with van der Waals surface area (Å²) in [5, 5.41) is 12.2. The van der Waals surface area contributed by atoms with Gasteiger partial charge in [-0.15, -0.1) is 0 Å². The van der Waals surface area contributed by atoms with Gasteiger partial charge in [-0.2, -0.15) is 0 Å². The number of hydrogen-bond acceptors (Lipinski definition) is 4. The standard InChI is InChI=1S/C14H20ClFN4O/c1-10(14(17)18-21)20-6-4-19(5-7-20)9-11-2-3-12(16)8-13(11)15/h2-3,8,10,21H,4-7,9H2,1H3,(H2,17,18). The van der Waals surface area contributed by atoms with E-state index in [2.05, 4.69) is 15.0 Å². The Morgan fingerprint density at radius 1 is 1.43 bits per heavy atom. The van der Waals surface area contributed by atoms with Gasteiger partial charge >= 0.3 is 0 Å². The Kier molecular flexibility index (Phi) is 5.39. The minimum atomic E-state index is -0.318. The molecule has 0 aromatic heterocycles. The van der Waals surface area contributed by atoms with Crippen LogP contribution in [-0.4, -0.2) is 53.1 Å². The molecule has 1 heterocycles. The first-order valence-corrected chi connectivity index (χ1v) is 7.27. The van der Waals surface area contributed by atoms with E-state index in [1.165, 1.54) is 12.1 Å². The summed E-state index contributed by atoms with van der Waals surface area (Å²) < 4.78 is 13.0. The van der Waals surface area contributed by atoms with E-state index in [1.54, 1.807) is 6.07 Å². The zero-order chi connectivity index (χ0) is 15.4. The van der Waals surface area contributed by atoms with Crippen LogP contribution in [0.25, 0.3) is 0 Å². The zero-order valence-electron chi connectivity index (χ0n) is 12.0. The molecule has 1 fully saturated rings. The molecule has 1 unspecified atom stereocenters. The quantitative estimate of drug-likeness (QED) is 0.384. The van der Waals surface area contributed by atoms with E-state index in [9.17, 15) is 4.39 Å². The third-order valence-electron chi connectivity index (χ3n) is 3.91. The highest BCUT2D eigenvalue weighted by Gasteiger charge is 2.23. The van der Waals surface area contributed by atoms with Crippen LogP contribution in [0.5, 0.6) is 0 Å². The van der Waals surface area contributed by atoms with Crippen molar-refractivity contribution in [2.24, 2.45) is 10.9 Å². The molecule has 2 rings (SSSR count). The lowest BCUT2D eigenvalue weighted by molar-refractivity contribution is 0.116. The largest absolute Gasteiger partial charge is 0.409 e. The number of rotatable bonds is 4. The molecule has 0 radical (unpaired) electrons. The molecule has 1 aromatic rings. The Hall–Kier alpha value is -1.37. The summed E-state index contributed by atoms with van der Waals surface area (Å²) in [6.45, 7) is 5.99. The Morgan fingerprint density at radius 2 is 2.10 bits per heavy atom. The van der Waals surface area contributed by atoms with Crippen LogP contribution in [0.15, 0.2) is 23.4 Å². The first-order chi connectivity index (χ1) is 10.0. The van der Waals surface area contributed by atoms with Gasteiger partial charge in [0.05, 0.1) is 6.04 Å². The van der Waals surface area contributed by atoms with Crippen LogP contribution in [0.1, 0.15) is 12.5 Å². The SMILES string of the molecule is CC(C(N)=NO)N1CCN(Cc2ccc(F)cc2Cl)CC1. The van der Waals surface area contributed by atoms with E-state index in [0.717, 1.165) is 31.7 Å². The van der Waals surface area contributed by atoms with Gasteiger partial charge < -0.3 is 10.9 Å². The number of piperazine rings is 1. The lowest BCUT2D eigenvalue weighted by Gasteiger charge is -2.37. The predicted molar refractivity (Wildman–Crippen MR) is 81.1 cm³/mol. The van der Waals surface area contributed by atoms with E-state index in [0.29, 0.717) is 11.6 Å². The van der Waals surface area contributed by atoms with Crippen molar-refractivity contribution in [3.05, 3.63) is 34.6 Å². The van der Waals surface area contributed by atoms with Crippen LogP contribution in [0.4, 0.5) is 4.39 Å². The van der Waals surface area contributed by atoms with Crippen LogP contribution in [-0.2, 0) is 6.54 Å². The second kappa shape index (κ2) is 7.06. The Bertz CT molecular complexity index is 518. The van der Waals surface area contributed by atoms with Crippen molar-refractivity contribution >= 4 is 17.4 Å². The van der Waals surface area contributed by atoms with E-state index in [1.807, 2.05) is 6.92 Å². The second-order valence-electron chi connectivity index (χ2n) is 5.25. The maximum absolute atomic E-state index is 13.0. The normalized spacial score (nSPS) is 19.7. The fourth-order valence-corrected chi connectivity index (χ4v) is 2.70. The van der Waals surface area contributed by atoms with Crippen LogP contribution in [0.3, 0.4) is 0 Å². The first-order valence-electron chi connectivity index (χ1n) is 6.89. The van der Waals surface area contributed by atoms with Crippen LogP contribution in [0.2, 0.25) is 5.02 Å². The third kappa shape index (κ3) is 4.06. The van der Waals surface area contributed by atoms with Crippen molar-refractivity contribution in [2.45, 2.75) is 19.5 Å². The molecule has 1 atom stereocenters. The lowest BCUT2D eigenvalue weighted by Crippen LogP contribution is -2.52. The van der Waals surface area contributed by atoms with Crippen molar-refractivity contribution in [2.75, 3.05) is 26.2 Å². The average molecular weight is 315 g/mol. The average Bonchev–Trinajstić information content (AvgIpc) is 2.49. The highest BCUT2D eigenvalue weighted by atomic mass is 35.5. The highest BCUT2D eigenvalue weighted by molar-refractivity contribution is 6.31. The molecule has 0 saturated carbocycles. The summed E-state index contributed by atoms with van der Waals surface area (Å²) in [5.74, 6) is -0.0915. The molecule has 0 amide bonds. The van der Waals surface area contributed by atoms with Crippen molar-refractivity contribution in [1.29, 1.82) is 0 Å². The Morgan fingerprint density at radius 3 is 2.67 bits per heavy atom. The molecule has 5 nitrogen and oxygen atoms in total. The Balaban J connectivity index is 1.89. The molecular formula is C14H20ClFN4O. The van der Waals surface area contributed by atoms with Crippen LogP contribution < -0.4 is 5.73 Å². The number of halogens is 2. The number of oxime groups is 1. The first kappa shape index (κ1) is 16.0. The number of amidine groups is 1. The molecular weight excluding hydrogens is 295 g/mol. The van der Waals surface area contributed by atoms with Gasteiger partial charge in [-0.05, 0) is 24.6 Å². The minimum Gasteiger partial charge on any atom is -0.409 e. The van der Waals surface area contributed by atoms with Crippen molar-refractivity contribution < 1.29 is 9.60 Å². The maximum atomic E-state index is 13.0. The molecule has 1 saturated heterocycles. The van der Waals surface area contributed by atoms with Gasteiger partial charge in [0.25, 0.3) is 0 Å². The van der Waals surface area contributed by atoms with Gasteiger partial charge in [0.2, 0.25) is 0 Å². The highest BCUT2D eigenvalue weighted by Crippen LogP contribution is 2.20. The van der Waals surface area contributed by atoms with E-state index in [-0.39, 0.29) is 17.7 Å². The maximum Gasteiger partial charge on any atom is 0.156 e. The molecule has 1 aliphatic rings. The fourth-order valence-electron chi connectivity index (χ4n) is 2.47. The van der Waals surface area contributed by atoms with Gasteiger partial charge in [0.1, 0.15) is 5.82 Å². The van der Waals surface area contributed by atoms with Gasteiger partial charge in [-0.25, -0.2) is 4.39 Å². The second-order valence-corrected chi connectivity index (χ2v) is 5.66. The molecule has 21 heavy (non-hydrogen) atoms. The van der Waals surface area contributed by atoms with Gasteiger partial charge in [-0.1, -0.05) is 22.8 Å². The smallest absolute Gasteiger partial charge is 0.156 e. The summed E-state index contributed by atoms with van der Waals surface area (Å²) in [4.78, 5) is 4.42. The molecule has 1 aromatic carbocycles. The van der Waals surface area contributed by atoms with Gasteiger partial charge in [-0.3, -0.25) is 9.80 Å². The summed E-state index contributed by atoms with van der Waals surface area (Å²) >= 11 is 6.05. The Labute approximate surface area is 128 Å². The summed E-state index contributed by atoms with van der Waals surface area (Å²) in [7, 11) is 0. The number of hydrogen-bond donors (Lipinski definition) is 2. The van der Waals surface area contributed by atoms with Crippen molar-refractivity contribution in [3.63, 3.8) is 0 Å². The van der Waals surface area contributed by atoms with Crippen molar-refractivity contribution in [1.82, 2.24) is 9.80 Å². The lowest BCUT2D eigenvalue weighted by atomic mass is 10.1. The third-order valence-corrected chi connectivity index (χ3v) is 4.26. The van der Waals surface area contributed by atoms with Gasteiger partial charge in [0, 0.05) is 37.7 Å². The predicted octanol–water partition coefficient (Wildman–Crippen LogP) is 1.73. The van der Waals surface area contributed by atoms with E-state index in [4.69, 9.17) is 22.5 Å². The molecule has 0 aliphatic carbocycles. The fraction of sp³-hybridized carbons (Fsp3) is 0.500. The molecule has 116 valence electrons. The molecule has 1 aliphatic heterocycles. The number of benzene rings is 1. The summed E-state index contributed by atoms with van der Waals surface area (Å²) in [5.41, 5.74) is 6.56. The number of nitrogens with zero attached hydrogens (tertiary/aromatic N) is 3. The molecule has 0 spiro atoms. The number of nitrogens with two attached hydrogens (primary N) is 1. The van der Waals surface area contributed by atoms with Crippen molar-refractivity contribution in [3.8, 4) is 0 Å². The molecule has 0 bridgehead atoms. The summed E-state index contributed by atoms with van der Waals surface area (Å²) in [6, 6.07) is 4.42. The van der Waals surface area contributed by atoms with Crippen LogP contribution in [0, 0.1) is 5.82 Å². The molecule has 3 N–H and O–H groups in total. The van der Waals surface area contributed by atoms with E-state index < -0.39 is 0 Å². The zero-order valence-corrected chi connectivity index (χ0v) is 12.7.